The molecule has 0 fully saturated rings. The van der Waals surface area contributed by atoms with Crippen LogP contribution in [0, 0.1) is 0 Å². The zero-order valence-corrected chi connectivity index (χ0v) is 9.94. The van der Waals surface area contributed by atoms with Crippen LogP contribution >= 0.6 is 0 Å². The van der Waals surface area contributed by atoms with E-state index in [0.29, 0.717) is 25.4 Å². The number of rotatable bonds is 7. The first-order chi connectivity index (χ1) is 8.26. The molecule has 0 bridgehead atoms. The average molecular weight is 238 g/mol. The summed E-state index contributed by atoms with van der Waals surface area (Å²) in [5.74, 6) is 0.494. The summed E-state index contributed by atoms with van der Waals surface area (Å²) < 4.78 is 10.1. The third-order valence-electron chi connectivity index (χ3n) is 2.16. The first-order valence-electron chi connectivity index (χ1n) is 5.43. The predicted octanol–water partition coefficient (Wildman–Crippen LogP) is 0.287. The van der Waals surface area contributed by atoms with Gasteiger partial charge in [0.25, 0.3) is 5.91 Å². The molecule has 0 unspecified atom stereocenters. The third-order valence-corrected chi connectivity index (χ3v) is 2.16. The van der Waals surface area contributed by atoms with Crippen LogP contribution in [0.2, 0.25) is 0 Å². The monoisotopic (exact) mass is 238 g/mol. The first kappa shape index (κ1) is 13.5. The van der Waals surface area contributed by atoms with Crippen molar-refractivity contribution in [3.63, 3.8) is 0 Å². The molecule has 3 N–H and O–H groups in total. The Bertz CT molecular complexity index is 338. The van der Waals surface area contributed by atoms with E-state index in [1.807, 2.05) is 12.1 Å². The molecule has 5 nitrogen and oxygen atoms in total. The number of hydrogen-bond acceptors (Lipinski definition) is 4. The molecule has 0 radical (unpaired) electrons. The summed E-state index contributed by atoms with van der Waals surface area (Å²) in [5.41, 5.74) is 6.50. The Morgan fingerprint density at radius 2 is 2.06 bits per heavy atom. The number of methoxy groups -OCH3 is 1. The molecule has 0 aliphatic carbocycles. The maximum Gasteiger partial charge on any atom is 0.258 e. The molecule has 0 saturated heterocycles. The molecule has 0 aliphatic rings. The third kappa shape index (κ3) is 5.33. The van der Waals surface area contributed by atoms with Crippen molar-refractivity contribution in [2.45, 2.75) is 6.54 Å². The van der Waals surface area contributed by atoms with Crippen molar-refractivity contribution in [1.82, 2.24) is 5.32 Å². The van der Waals surface area contributed by atoms with Gasteiger partial charge in [-0.25, -0.2) is 0 Å². The molecule has 5 heteroatoms. The maximum absolute atomic E-state index is 11.3. The molecule has 1 rings (SSSR count). The van der Waals surface area contributed by atoms with Crippen molar-refractivity contribution in [3.8, 4) is 5.75 Å². The minimum absolute atomic E-state index is 0.00564. The SMILES string of the molecule is COCCNC(=O)COc1ccc(CN)cc1. The molecule has 1 amide bonds. The Labute approximate surface area is 101 Å². The van der Waals surface area contributed by atoms with Gasteiger partial charge < -0.3 is 20.5 Å². The molecule has 0 atom stereocenters. The van der Waals surface area contributed by atoms with Gasteiger partial charge in [0.2, 0.25) is 0 Å². The zero-order valence-electron chi connectivity index (χ0n) is 9.94. The number of hydrogen-bond donors (Lipinski definition) is 2. The van der Waals surface area contributed by atoms with E-state index in [0.717, 1.165) is 5.56 Å². The van der Waals surface area contributed by atoms with E-state index in [2.05, 4.69) is 5.32 Å². The number of carbonyl (C=O) groups is 1. The lowest BCUT2D eigenvalue weighted by Gasteiger charge is -2.07. The summed E-state index contributed by atoms with van der Waals surface area (Å²) in [5, 5.41) is 2.67. The van der Waals surface area contributed by atoms with Crippen LogP contribution in [0.3, 0.4) is 0 Å². The quantitative estimate of drug-likeness (QED) is 0.669. The number of nitrogens with one attached hydrogen (secondary N) is 1. The minimum Gasteiger partial charge on any atom is -0.484 e. The van der Waals surface area contributed by atoms with E-state index in [9.17, 15) is 4.79 Å². The molecule has 1 aromatic carbocycles. The van der Waals surface area contributed by atoms with E-state index in [-0.39, 0.29) is 12.5 Å². The molecule has 1 aromatic rings. The minimum atomic E-state index is -0.162. The second kappa shape index (κ2) is 7.65. The predicted molar refractivity (Wildman–Crippen MR) is 64.7 cm³/mol. The van der Waals surface area contributed by atoms with Gasteiger partial charge in [-0.05, 0) is 17.7 Å². The van der Waals surface area contributed by atoms with E-state index >= 15 is 0 Å². The van der Waals surface area contributed by atoms with E-state index in [1.165, 1.54) is 0 Å². The van der Waals surface area contributed by atoms with Gasteiger partial charge in [-0.3, -0.25) is 4.79 Å². The first-order valence-corrected chi connectivity index (χ1v) is 5.43. The number of amides is 1. The second-order valence-corrected chi connectivity index (χ2v) is 3.48. The van der Waals surface area contributed by atoms with E-state index < -0.39 is 0 Å². The molecule has 0 aliphatic heterocycles. The van der Waals surface area contributed by atoms with E-state index in [4.69, 9.17) is 15.2 Å². The summed E-state index contributed by atoms with van der Waals surface area (Å²) in [6.45, 7) is 1.49. The normalized spacial score (nSPS) is 10.0. The summed E-state index contributed by atoms with van der Waals surface area (Å²) >= 11 is 0. The van der Waals surface area contributed by atoms with Gasteiger partial charge in [-0.15, -0.1) is 0 Å². The second-order valence-electron chi connectivity index (χ2n) is 3.48. The van der Waals surface area contributed by atoms with Gasteiger partial charge in [-0.1, -0.05) is 12.1 Å². The van der Waals surface area contributed by atoms with Gasteiger partial charge >= 0.3 is 0 Å². The Morgan fingerprint density at radius 3 is 2.65 bits per heavy atom. The number of carbonyl (C=O) groups excluding carboxylic acids is 1. The highest BCUT2D eigenvalue weighted by Gasteiger charge is 2.01. The van der Waals surface area contributed by atoms with Gasteiger partial charge in [-0.2, -0.15) is 0 Å². The summed E-state index contributed by atoms with van der Waals surface area (Å²) in [6, 6.07) is 7.34. The van der Waals surface area contributed by atoms with Crippen LogP contribution in [0.5, 0.6) is 5.75 Å². The fraction of sp³-hybridized carbons (Fsp3) is 0.417. The van der Waals surface area contributed by atoms with Crippen LogP contribution in [-0.4, -0.2) is 32.8 Å². The van der Waals surface area contributed by atoms with Crippen LogP contribution in [0.4, 0.5) is 0 Å². The number of ether oxygens (including phenoxy) is 2. The average Bonchev–Trinajstić information content (AvgIpc) is 2.37. The molecular weight excluding hydrogens is 220 g/mol. The van der Waals surface area contributed by atoms with Gasteiger partial charge in [0.15, 0.2) is 6.61 Å². The lowest BCUT2D eigenvalue weighted by molar-refractivity contribution is -0.123. The van der Waals surface area contributed by atoms with Crippen molar-refractivity contribution in [2.24, 2.45) is 5.73 Å². The van der Waals surface area contributed by atoms with Crippen LogP contribution in [0.25, 0.3) is 0 Å². The Morgan fingerprint density at radius 1 is 1.35 bits per heavy atom. The molecule has 0 spiro atoms. The topological polar surface area (TPSA) is 73.6 Å². The highest BCUT2D eigenvalue weighted by atomic mass is 16.5. The summed E-state index contributed by atoms with van der Waals surface area (Å²) in [6.07, 6.45) is 0. The molecule has 94 valence electrons. The van der Waals surface area contributed by atoms with Crippen LogP contribution in [0.1, 0.15) is 5.56 Å². The van der Waals surface area contributed by atoms with E-state index in [1.54, 1.807) is 19.2 Å². The summed E-state index contributed by atoms with van der Waals surface area (Å²) in [7, 11) is 1.58. The fourth-order valence-electron chi connectivity index (χ4n) is 1.21. The van der Waals surface area contributed by atoms with Gasteiger partial charge in [0.1, 0.15) is 5.75 Å². The Balaban J connectivity index is 2.27. The molecule has 0 heterocycles. The highest BCUT2D eigenvalue weighted by molar-refractivity contribution is 5.77. The van der Waals surface area contributed by atoms with Gasteiger partial charge in [0.05, 0.1) is 6.61 Å². The van der Waals surface area contributed by atoms with Crippen LogP contribution < -0.4 is 15.8 Å². The van der Waals surface area contributed by atoms with Gasteiger partial charge in [0, 0.05) is 20.2 Å². The van der Waals surface area contributed by atoms with Crippen molar-refractivity contribution < 1.29 is 14.3 Å². The molecule has 17 heavy (non-hydrogen) atoms. The highest BCUT2D eigenvalue weighted by Crippen LogP contribution is 2.11. The lowest BCUT2D eigenvalue weighted by Crippen LogP contribution is -2.31. The summed E-state index contributed by atoms with van der Waals surface area (Å²) in [4.78, 5) is 11.3. The van der Waals surface area contributed by atoms with Crippen molar-refractivity contribution in [2.75, 3.05) is 26.9 Å². The van der Waals surface area contributed by atoms with Crippen molar-refractivity contribution in [3.05, 3.63) is 29.8 Å². The van der Waals surface area contributed by atoms with Crippen molar-refractivity contribution >= 4 is 5.91 Å². The van der Waals surface area contributed by atoms with Crippen molar-refractivity contribution in [1.29, 1.82) is 0 Å². The van der Waals surface area contributed by atoms with Crippen LogP contribution in [-0.2, 0) is 16.1 Å². The standard InChI is InChI=1S/C12H18N2O3/c1-16-7-6-14-12(15)9-17-11-4-2-10(8-13)3-5-11/h2-5H,6-9,13H2,1H3,(H,14,15). The molecular formula is C12H18N2O3. The Kier molecular flexibility index (Phi) is 6.06. The smallest absolute Gasteiger partial charge is 0.258 e. The number of benzene rings is 1. The fourth-order valence-corrected chi connectivity index (χ4v) is 1.21. The lowest BCUT2D eigenvalue weighted by atomic mass is 10.2. The Hall–Kier alpha value is -1.59. The zero-order chi connectivity index (χ0) is 12.5. The molecule has 0 saturated carbocycles. The van der Waals surface area contributed by atoms with Crippen LogP contribution in [0.15, 0.2) is 24.3 Å². The largest absolute Gasteiger partial charge is 0.484 e. The molecule has 0 aromatic heterocycles. The number of nitrogens with two attached hydrogens (primary N) is 1. The maximum atomic E-state index is 11.3.